The predicted octanol–water partition coefficient (Wildman–Crippen LogP) is 8.38. The van der Waals surface area contributed by atoms with Crippen LogP contribution < -0.4 is 0 Å². The van der Waals surface area contributed by atoms with Gasteiger partial charge in [0.15, 0.2) is 0 Å². The summed E-state index contributed by atoms with van der Waals surface area (Å²) in [5.74, 6) is 0. The summed E-state index contributed by atoms with van der Waals surface area (Å²) in [6.07, 6.45) is 1.25. The summed E-state index contributed by atoms with van der Waals surface area (Å²) in [7, 11) is 0. The van der Waals surface area contributed by atoms with Gasteiger partial charge in [-0.2, -0.15) is 0 Å². The van der Waals surface area contributed by atoms with Crippen LogP contribution in [0.5, 0.6) is 0 Å². The van der Waals surface area contributed by atoms with Crippen molar-refractivity contribution in [2.24, 2.45) is 0 Å². The van der Waals surface area contributed by atoms with Crippen molar-refractivity contribution in [2.45, 2.75) is 103 Å². The number of rotatable bonds is 0. The topological polar surface area (TPSA) is 0 Å². The van der Waals surface area contributed by atoms with Crippen molar-refractivity contribution < 1.29 is 0 Å². The molecule has 0 heteroatoms. The van der Waals surface area contributed by atoms with Crippen molar-refractivity contribution in [3.8, 4) is 0 Å². The molecule has 116 valence electrons. The summed E-state index contributed by atoms with van der Waals surface area (Å²) in [6.45, 7) is 34.2. The molecule has 0 aliphatic carbocycles. The van der Waals surface area contributed by atoms with E-state index in [1.165, 1.54) is 6.42 Å². The van der Waals surface area contributed by atoms with Crippen molar-refractivity contribution in [1.29, 1.82) is 0 Å². The molecule has 0 aliphatic rings. The first-order valence-electron chi connectivity index (χ1n) is 7.91. The summed E-state index contributed by atoms with van der Waals surface area (Å²) < 4.78 is 0. The fraction of sp³-hybridized carbons (Fsp3) is 0.882. The highest BCUT2D eigenvalue weighted by molar-refractivity contribution is 4.22. The molecule has 0 aliphatic heterocycles. The van der Waals surface area contributed by atoms with Gasteiger partial charge in [0, 0.05) is 0 Å². The minimum Gasteiger partial charge on any atom is -0.106 e. The average Bonchev–Trinajstić information content (AvgIpc) is 2.53. The van der Waals surface area contributed by atoms with E-state index >= 15 is 0 Å². The maximum absolute atomic E-state index is 3.00. The monoisotopic (exact) mass is 252 g/mol. The van der Waals surface area contributed by atoms with Gasteiger partial charge in [0.1, 0.15) is 0 Å². The number of hydrogen-bond acceptors (Lipinski definition) is 0. The van der Waals surface area contributed by atoms with Crippen LogP contribution in [0.4, 0.5) is 0 Å². The van der Waals surface area contributed by atoms with Crippen molar-refractivity contribution in [1.82, 2.24) is 0 Å². The Balaban J connectivity index is -0.00000000914. The molecule has 0 bridgehead atoms. The van der Waals surface area contributed by atoms with Crippen LogP contribution in [0.1, 0.15) is 103 Å². The molecule has 0 aromatic carbocycles. The Hall–Kier alpha value is -0.260. The molecular formula is C17H48. The fourth-order valence-corrected chi connectivity index (χ4v) is 0. The van der Waals surface area contributed by atoms with Crippen LogP contribution in [0.15, 0.2) is 13.2 Å². The second-order valence-electron chi connectivity index (χ2n) is 0.707. The minimum absolute atomic E-state index is 1.25. The van der Waals surface area contributed by atoms with Gasteiger partial charge in [0.05, 0.1) is 0 Å². The van der Waals surface area contributed by atoms with Crippen LogP contribution in [0.2, 0.25) is 0 Å². The van der Waals surface area contributed by atoms with Gasteiger partial charge < -0.3 is 0 Å². The molecule has 0 nitrogen and oxygen atoms in total. The predicted molar refractivity (Wildman–Crippen MR) is 95.3 cm³/mol. The molecule has 0 spiro atoms. The van der Waals surface area contributed by atoms with Crippen molar-refractivity contribution in [2.75, 3.05) is 0 Å². The maximum atomic E-state index is 3.00. The summed E-state index contributed by atoms with van der Waals surface area (Å²) in [5.41, 5.74) is 0. The quantitative estimate of drug-likeness (QED) is 0.380. The Labute approximate surface area is 117 Å². The molecule has 0 fully saturated rings. The van der Waals surface area contributed by atoms with E-state index in [-0.39, 0.29) is 0 Å². The highest BCUT2D eigenvalue weighted by Crippen LogP contribution is 1.56. The van der Waals surface area contributed by atoms with E-state index in [1.54, 1.807) is 0 Å². The van der Waals surface area contributed by atoms with E-state index < -0.39 is 0 Å². The zero-order valence-electron chi connectivity index (χ0n) is 16.1. The highest BCUT2D eigenvalue weighted by Gasteiger charge is 1.35. The second-order valence-corrected chi connectivity index (χ2v) is 0.707. The average molecular weight is 253 g/mol. The zero-order valence-corrected chi connectivity index (χ0v) is 16.1. The van der Waals surface area contributed by atoms with Crippen LogP contribution in [0, 0.1) is 0 Å². The van der Waals surface area contributed by atoms with E-state index in [4.69, 9.17) is 0 Å². The number of hydrogen-bond donors (Lipinski definition) is 0. The Kier molecular flexibility index (Phi) is 19900. The molecular weight excluding hydrogens is 204 g/mol. The van der Waals surface area contributed by atoms with Crippen molar-refractivity contribution >= 4 is 0 Å². The van der Waals surface area contributed by atoms with Crippen LogP contribution in [-0.4, -0.2) is 0 Å². The minimum atomic E-state index is 1.25. The summed E-state index contributed by atoms with van der Waals surface area (Å²) in [5, 5.41) is 0. The van der Waals surface area contributed by atoms with E-state index in [0.717, 1.165) is 0 Å². The Morgan fingerprint density at radius 2 is 0.412 bits per heavy atom. The molecule has 0 saturated carbocycles. The third-order valence-electron chi connectivity index (χ3n) is 0. The summed E-state index contributed by atoms with van der Waals surface area (Å²) >= 11 is 0. The normalized spacial score (nSPS) is 3.41. The van der Waals surface area contributed by atoms with E-state index in [1.807, 2.05) is 83.1 Å². The SMILES string of the molecule is C=C.CC.CC.CC.CC.CC.CC.CCC. The molecule has 0 radical (unpaired) electrons. The largest absolute Gasteiger partial charge is 0.106 e. The third-order valence-corrected chi connectivity index (χ3v) is 0. The molecule has 0 amide bonds. The highest BCUT2D eigenvalue weighted by atomic mass is 13.4. The maximum Gasteiger partial charge on any atom is -0.0590 e. The van der Waals surface area contributed by atoms with Crippen LogP contribution >= 0.6 is 0 Å². The van der Waals surface area contributed by atoms with Gasteiger partial charge in [-0.05, 0) is 0 Å². The van der Waals surface area contributed by atoms with Gasteiger partial charge in [0.25, 0.3) is 0 Å². The lowest BCUT2D eigenvalue weighted by molar-refractivity contribution is 1.09. The lowest BCUT2D eigenvalue weighted by Crippen LogP contribution is -1.27. The first-order chi connectivity index (χ1) is 8.41. The van der Waals surface area contributed by atoms with Crippen molar-refractivity contribution in [3.05, 3.63) is 13.2 Å². The molecule has 0 rings (SSSR count). The lowest BCUT2D eigenvalue weighted by atomic mass is 10.6. The zero-order chi connectivity index (χ0) is 16.7. The first kappa shape index (κ1) is 54.3. The van der Waals surface area contributed by atoms with Crippen LogP contribution in [0.3, 0.4) is 0 Å². The molecule has 0 aromatic heterocycles. The lowest BCUT2D eigenvalue weighted by Gasteiger charge is -1.48. The molecule has 0 saturated heterocycles. The molecule has 0 N–H and O–H groups in total. The van der Waals surface area contributed by atoms with E-state index in [2.05, 4.69) is 27.0 Å². The van der Waals surface area contributed by atoms with Gasteiger partial charge in [-0.25, -0.2) is 0 Å². The summed E-state index contributed by atoms with van der Waals surface area (Å²) in [6, 6.07) is 0. The summed E-state index contributed by atoms with van der Waals surface area (Å²) in [4.78, 5) is 0. The molecule has 0 aromatic rings. The molecule has 17 heavy (non-hydrogen) atoms. The standard InChI is InChI=1S/C3H8.6C2H6.C2H4/c1-3-2;7*1-2/h3H2,1-2H3;6*1-2H3;1-2H2. The van der Waals surface area contributed by atoms with Crippen LogP contribution in [0.25, 0.3) is 0 Å². The van der Waals surface area contributed by atoms with Gasteiger partial charge in [-0.1, -0.05) is 103 Å². The molecule has 0 unspecified atom stereocenters. The molecule has 0 heterocycles. The Morgan fingerprint density at radius 1 is 0.412 bits per heavy atom. The first-order valence-corrected chi connectivity index (χ1v) is 7.91. The van der Waals surface area contributed by atoms with Gasteiger partial charge >= 0.3 is 0 Å². The Bertz CT molecular complexity index is 4.00. The third kappa shape index (κ3) is 44000. The van der Waals surface area contributed by atoms with E-state index in [0.29, 0.717) is 0 Å². The van der Waals surface area contributed by atoms with Crippen molar-refractivity contribution in [3.63, 3.8) is 0 Å². The second kappa shape index (κ2) is 6250. The molecule has 0 atom stereocenters. The van der Waals surface area contributed by atoms with Gasteiger partial charge in [-0.3, -0.25) is 0 Å². The van der Waals surface area contributed by atoms with Crippen LogP contribution in [-0.2, 0) is 0 Å². The Morgan fingerprint density at radius 3 is 0.412 bits per heavy atom. The van der Waals surface area contributed by atoms with Gasteiger partial charge in [-0.15, -0.1) is 13.2 Å². The van der Waals surface area contributed by atoms with Gasteiger partial charge in [0.2, 0.25) is 0 Å². The smallest absolute Gasteiger partial charge is 0.0590 e. The van der Waals surface area contributed by atoms with E-state index in [9.17, 15) is 0 Å². The fourth-order valence-electron chi connectivity index (χ4n) is 0.